The van der Waals surface area contributed by atoms with Gasteiger partial charge < -0.3 is 0 Å². The molecule has 70 valence electrons. The van der Waals surface area contributed by atoms with E-state index in [1.807, 2.05) is 29.4 Å². The van der Waals surface area contributed by atoms with Crippen LogP contribution in [0.3, 0.4) is 0 Å². The van der Waals surface area contributed by atoms with Gasteiger partial charge in [-0.15, -0.1) is 0 Å². The van der Waals surface area contributed by atoms with Crippen LogP contribution < -0.4 is 5.18 Å². The third kappa shape index (κ3) is 3.36. The van der Waals surface area contributed by atoms with Crippen LogP contribution in [0.25, 0.3) is 0 Å². The highest BCUT2D eigenvalue weighted by molar-refractivity contribution is 5.31. The van der Waals surface area contributed by atoms with Crippen molar-refractivity contribution in [2.24, 2.45) is 0 Å². The lowest BCUT2D eigenvalue weighted by Gasteiger charge is -1.98. The number of nitrogens with one attached hydrogen (secondary N) is 1. The van der Waals surface area contributed by atoms with Gasteiger partial charge in [-0.1, -0.05) is 31.9 Å². The lowest BCUT2D eigenvalue weighted by Crippen LogP contribution is -2.55. The van der Waals surface area contributed by atoms with Crippen LogP contribution in [0, 0.1) is 4.91 Å². The summed E-state index contributed by atoms with van der Waals surface area (Å²) in [6.07, 6.45) is 4.88. The van der Waals surface area contributed by atoms with E-state index in [4.69, 9.17) is 0 Å². The average Bonchev–Trinajstić information content (AvgIpc) is 2.19. The van der Waals surface area contributed by atoms with Crippen LogP contribution in [-0.4, -0.2) is 0 Å². The monoisotopic (exact) mass is 178 g/mol. The van der Waals surface area contributed by atoms with Crippen molar-refractivity contribution in [1.29, 1.82) is 0 Å². The molecule has 1 N–H and O–H groups in total. The Kier molecular flexibility index (Phi) is 4.16. The first-order chi connectivity index (χ1) is 6.36. The van der Waals surface area contributed by atoms with Crippen molar-refractivity contribution in [1.82, 2.24) is 0 Å². The summed E-state index contributed by atoms with van der Waals surface area (Å²) < 4.78 is 0. The van der Waals surface area contributed by atoms with Crippen molar-refractivity contribution in [2.45, 2.75) is 32.6 Å². The fourth-order valence-electron chi connectivity index (χ4n) is 1.32. The molecule has 0 amide bonds. The maximum absolute atomic E-state index is 10.3. The Bertz CT molecular complexity index is 253. The van der Waals surface area contributed by atoms with Gasteiger partial charge in [-0.3, -0.25) is 0 Å². The Hall–Kier alpha value is -1.18. The quantitative estimate of drug-likeness (QED) is 0.686. The molecule has 0 radical (unpaired) electrons. The van der Waals surface area contributed by atoms with Crippen LogP contribution >= 0.6 is 0 Å². The molecular weight excluding hydrogens is 162 g/mol. The van der Waals surface area contributed by atoms with E-state index in [-0.39, 0.29) is 0 Å². The second kappa shape index (κ2) is 5.46. The Morgan fingerprint density at radius 2 is 1.85 bits per heavy atom. The zero-order valence-corrected chi connectivity index (χ0v) is 8.05. The lowest BCUT2D eigenvalue weighted by molar-refractivity contribution is -0.379. The zero-order chi connectivity index (χ0) is 9.52. The predicted octanol–water partition coefficient (Wildman–Crippen LogP) is 1.90. The Labute approximate surface area is 79.0 Å². The summed E-state index contributed by atoms with van der Waals surface area (Å²) in [6, 6.07) is 7.67. The van der Waals surface area contributed by atoms with Gasteiger partial charge in [-0.2, -0.15) is 0 Å². The summed E-state index contributed by atoms with van der Waals surface area (Å²) in [5.74, 6) is 0. The highest BCUT2D eigenvalue weighted by atomic mass is 16.3. The largest absolute Gasteiger partial charge is 0.253 e. The highest BCUT2D eigenvalue weighted by Gasteiger charge is 1.97. The van der Waals surface area contributed by atoms with Gasteiger partial charge in [0.25, 0.3) is 5.69 Å². The van der Waals surface area contributed by atoms with Gasteiger partial charge in [0.15, 0.2) is 0 Å². The van der Waals surface area contributed by atoms with E-state index in [2.05, 4.69) is 6.92 Å². The Morgan fingerprint density at radius 3 is 2.38 bits per heavy atom. The number of unbranched alkanes of at least 4 members (excludes halogenated alkanes) is 2. The minimum atomic E-state index is 0.638. The van der Waals surface area contributed by atoms with Crippen LogP contribution in [0.1, 0.15) is 31.7 Å². The topological polar surface area (TPSA) is 31.0 Å². The molecule has 0 aliphatic rings. The highest BCUT2D eigenvalue weighted by Crippen LogP contribution is 2.08. The molecule has 0 saturated carbocycles. The number of benzene rings is 1. The van der Waals surface area contributed by atoms with Crippen LogP contribution in [0.15, 0.2) is 24.3 Å². The third-order valence-corrected chi connectivity index (χ3v) is 2.14. The lowest BCUT2D eigenvalue weighted by atomic mass is 10.1. The number of nitroso groups, excluding NO2 is 1. The average molecular weight is 178 g/mol. The molecule has 13 heavy (non-hydrogen) atoms. The van der Waals surface area contributed by atoms with Crippen molar-refractivity contribution in [2.75, 3.05) is 0 Å². The van der Waals surface area contributed by atoms with Gasteiger partial charge in [-0.05, 0) is 18.4 Å². The Morgan fingerprint density at radius 1 is 1.15 bits per heavy atom. The molecule has 2 nitrogen and oxygen atoms in total. The minimum absolute atomic E-state index is 0.638. The van der Waals surface area contributed by atoms with Crippen molar-refractivity contribution >= 4 is 5.69 Å². The molecular formula is C11H16NO+. The normalized spacial score (nSPS) is 9.92. The molecule has 0 spiro atoms. The molecule has 1 rings (SSSR count). The first-order valence-electron chi connectivity index (χ1n) is 4.84. The summed E-state index contributed by atoms with van der Waals surface area (Å²) in [5.41, 5.74) is 1.95. The van der Waals surface area contributed by atoms with Gasteiger partial charge >= 0.3 is 0 Å². The predicted molar refractivity (Wildman–Crippen MR) is 53.7 cm³/mol. The van der Waals surface area contributed by atoms with Crippen LogP contribution in [0.2, 0.25) is 0 Å². The number of rotatable bonds is 5. The second-order valence-electron chi connectivity index (χ2n) is 3.26. The first kappa shape index (κ1) is 9.90. The molecule has 0 atom stereocenters. The first-order valence-corrected chi connectivity index (χ1v) is 4.84. The van der Waals surface area contributed by atoms with E-state index in [9.17, 15) is 4.91 Å². The fourth-order valence-corrected chi connectivity index (χ4v) is 1.32. The standard InChI is InChI=1S/C11H15NO/c1-2-3-4-5-10-6-8-11(12-13)9-7-10/h6-9H,2-5H2,1H3/p+1. The molecule has 2 heteroatoms. The molecule has 0 aromatic heterocycles. The van der Waals surface area contributed by atoms with Gasteiger partial charge in [0.05, 0.1) is 0 Å². The number of hydrogen-bond acceptors (Lipinski definition) is 1. The molecule has 0 aliphatic heterocycles. The van der Waals surface area contributed by atoms with Crippen molar-refractivity contribution < 1.29 is 5.18 Å². The third-order valence-electron chi connectivity index (χ3n) is 2.14. The fraction of sp³-hybridized carbons (Fsp3) is 0.455. The maximum Gasteiger partial charge on any atom is 0.253 e. The SMILES string of the molecule is CCCCCc1ccc([NH+]=O)cc1. The summed E-state index contributed by atoms with van der Waals surface area (Å²) in [5, 5.41) is 1.87. The maximum atomic E-state index is 10.3. The van der Waals surface area contributed by atoms with E-state index in [0.29, 0.717) is 5.69 Å². The van der Waals surface area contributed by atoms with E-state index in [1.54, 1.807) is 0 Å². The zero-order valence-electron chi connectivity index (χ0n) is 8.05. The summed E-state index contributed by atoms with van der Waals surface area (Å²) in [4.78, 5) is 10.3. The molecule has 0 bridgehead atoms. The van der Waals surface area contributed by atoms with E-state index in [0.717, 1.165) is 6.42 Å². The van der Waals surface area contributed by atoms with Gasteiger partial charge in [0.2, 0.25) is 0 Å². The smallest absolute Gasteiger partial charge is 0.0654 e. The van der Waals surface area contributed by atoms with Gasteiger partial charge in [-0.25, -0.2) is 0 Å². The minimum Gasteiger partial charge on any atom is -0.0654 e. The van der Waals surface area contributed by atoms with Crippen LogP contribution in [-0.2, 0) is 6.42 Å². The molecule has 0 aliphatic carbocycles. The molecule has 0 saturated heterocycles. The van der Waals surface area contributed by atoms with Crippen LogP contribution in [0.5, 0.6) is 0 Å². The summed E-state index contributed by atoms with van der Waals surface area (Å²) in [6.45, 7) is 2.20. The van der Waals surface area contributed by atoms with E-state index < -0.39 is 0 Å². The Balaban J connectivity index is 2.44. The van der Waals surface area contributed by atoms with Gasteiger partial charge in [0.1, 0.15) is 0 Å². The van der Waals surface area contributed by atoms with Crippen LogP contribution in [0.4, 0.5) is 5.69 Å². The molecule has 1 aromatic rings. The summed E-state index contributed by atoms with van der Waals surface area (Å²) in [7, 11) is 0. The van der Waals surface area contributed by atoms with Crippen molar-refractivity contribution in [3.63, 3.8) is 0 Å². The summed E-state index contributed by atoms with van der Waals surface area (Å²) >= 11 is 0. The number of hydrogen-bond donors (Lipinski definition) is 1. The van der Waals surface area contributed by atoms with E-state index >= 15 is 0 Å². The molecule has 0 fully saturated rings. The molecule has 1 aromatic carbocycles. The molecule has 0 heterocycles. The van der Waals surface area contributed by atoms with Gasteiger partial charge in [0, 0.05) is 22.2 Å². The van der Waals surface area contributed by atoms with Crippen molar-refractivity contribution in [3.8, 4) is 0 Å². The molecule has 0 unspecified atom stereocenters. The number of aryl methyl sites for hydroxylation is 1. The second-order valence-corrected chi connectivity index (χ2v) is 3.26. The van der Waals surface area contributed by atoms with Crippen molar-refractivity contribution in [3.05, 3.63) is 34.7 Å². The van der Waals surface area contributed by atoms with E-state index in [1.165, 1.54) is 24.8 Å².